The van der Waals surface area contributed by atoms with E-state index in [0.29, 0.717) is 6.04 Å². The number of aryl methyl sites for hydroxylation is 2. The van der Waals surface area contributed by atoms with Crippen LogP contribution in [-0.4, -0.2) is 31.1 Å². The summed E-state index contributed by atoms with van der Waals surface area (Å²) in [4.78, 5) is 2.65. The summed E-state index contributed by atoms with van der Waals surface area (Å²) in [6.07, 6.45) is 2.52. The van der Waals surface area contributed by atoms with Gasteiger partial charge in [0, 0.05) is 32.2 Å². The van der Waals surface area contributed by atoms with Crippen LogP contribution in [0.5, 0.6) is 0 Å². The number of nitrogens with one attached hydrogen (secondary N) is 1. The highest BCUT2D eigenvalue weighted by Gasteiger charge is 2.22. The van der Waals surface area contributed by atoms with E-state index in [0.717, 1.165) is 13.1 Å². The molecule has 1 aliphatic rings. The average Bonchev–Trinajstić information content (AvgIpc) is 2.38. The Morgan fingerprint density at radius 3 is 2.56 bits per heavy atom. The number of hydrogen-bond donors (Lipinski definition) is 1. The van der Waals surface area contributed by atoms with Crippen molar-refractivity contribution in [2.75, 3.05) is 26.2 Å². The van der Waals surface area contributed by atoms with Gasteiger partial charge in [0.15, 0.2) is 0 Å². The van der Waals surface area contributed by atoms with Crippen LogP contribution < -0.4 is 5.32 Å². The fourth-order valence-corrected chi connectivity index (χ4v) is 3.00. The number of piperazine rings is 1. The molecule has 1 aliphatic heterocycles. The van der Waals surface area contributed by atoms with Gasteiger partial charge in [0.05, 0.1) is 0 Å². The maximum atomic E-state index is 3.45. The maximum absolute atomic E-state index is 3.45. The van der Waals surface area contributed by atoms with Crippen LogP contribution in [-0.2, 0) is 0 Å². The molecule has 1 atom stereocenters. The maximum Gasteiger partial charge on any atom is 0.0351 e. The fourth-order valence-electron chi connectivity index (χ4n) is 3.00. The zero-order chi connectivity index (χ0) is 13.0. The summed E-state index contributed by atoms with van der Waals surface area (Å²) in [5.41, 5.74) is 4.35. The second kappa shape index (κ2) is 6.35. The minimum absolute atomic E-state index is 0.609. The molecule has 0 spiro atoms. The second-order valence-electron chi connectivity index (χ2n) is 5.45. The average molecular weight is 246 g/mol. The van der Waals surface area contributed by atoms with E-state index in [2.05, 4.69) is 49.2 Å². The van der Waals surface area contributed by atoms with Gasteiger partial charge in [0.1, 0.15) is 0 Å². The lowest BCUT2D eigenvalue weighted by Crippen LogP contribution is -2.45. The van der Waals surface area contributed by atoms with Crippen molar-refractivity contribution in [1.82, 2.24) is 10.2 Å². The van der Waals surface area contributed by atoms with E-state index in [-0.39, 0.29) is 0 Å². The first-order valence-electron chi connectivity index (χ1n) is 7.24. The highest BCUT2D eigenvalue weighted by molar-refractivity contribution is 5.33. The van der Waals surface area contributed by atoms with E-state index in [9.17, 15) is 0 Å². The monoisotopic (exact) mass is 246 g/mol. The molecule has 0 aromatic heterocycles. The molecule has 0 bridgehead atoms. The normalized spacial score (nSPS) is 18.8. The zero-order valence-corrected chi connectivity index (χ0v) is 12.0. The van der Waals surface area contributed by atoms with Gasteiger partial charge in [-0.05, 0) is 31.4 Å². The molecular formula is C16H26N2. The standard InChI is InChI=1S/C16H26N2/c1-4-5-16(18-10-8-17-9-11-18)15-7-6-13(2)12-14(15)3/h6-7,12,16-17H,4-5,8-11H2,1-3H3/t16-/m0/s1. The van der Waals surface area contributed by atoms with Gasteiger partial charge >= 0.3 is 0 Å². The second-order valence-corrected chi connectivity index (χ2v) is 5.45. The molecule has 2 heteroatoms. The van der Waals surface area contributed by atoms with Crippen molar-refractivity contribution in [2.24, 2.45) is 0 Å². The highest BCUT2D eigenvalue weighted by atomic mass is 15.2. The first kappa shape index (κ1) is 13.6. The van der Waals surface area contributed by atoms with Crippen LogP contribution in [0.2, 0.25) is 0 Å². The first-order valence-corrected chi connectivity index (χ1v) is 7.24. The van der Waals surface area contributed by atoms with Crippen LogP contribution in [0.1, 0.15) is 42.5 Å². The molecule has 1 heterocycles. The zero-order valence-electron chi connectivity index (χ0n) is 12.0. The molecule has 1 aromatic carbocycles. The molecule has 0 amide bonds. The lowest BCUT2D eigenvalue weighted by atomic mass is 9.94. The largest absolute Gasteiger partial charge is 0.314 e. The summed E-state index contributed by atoms with van der Waals surface area (Å²) >= 11 is 0. The molecule has 1 fully saturated rings. The first-order chi connectivity index (χ1) is 8.72. The van der Waals surface area contributed by atoms with E-state index in [1.165, 1.54) is 42.6 Å². The molecule has 0 aliphatic carbocycles. The number of nitrogens with zero attached hydrogens (tertiary/aromatic N) is 1. The van der Waals surface area contributed by atoms with Crippen molar-refractivity contribution in [1.29, 1.82) is 0 Å². The van der Waals surface area contributed by atoms with Crippen LogP contribution in [0, 0.1) is 13.8 Å². The third kappa shape index (κ3) is 3.12. The van der Waals surface area contributed by atoms with Gasteiger partial charge in [-0.15, -0.1) is 0 Å². The Morgan fingerprint density at radius 2 is 1.94 bits per heavy atom. The SMILES string of the molecule is CCC[C@@H](c1ccc(C)cc1C)N1CCNCC1. The van der Waals surface area contributed by atoms with Crippen molar-refractivity contribution in [3.63, 3.8) is 0 Å². The Kier molecular flexibility index (Phi) is 4.79. The summed E-state index contributed by atoms with van der Waals surface area (Å²) in [5.74, 6) is 0. The molecule has 100 valence electrons. The summed E-state index contributed by atoms with van der Waals surface area (Å²) in [5, 5.41) is 3.45. The molecule has 1 aromatic rings. The van der Waals surface area contributed by atoms with E-state index < -0.39 is 0 Å². The Morgan fingerprint density at radius 1 is 1.22 bits per heavy atom. The van der Waals surface area contributed by atoms with E-state index >= 15 is 0 Å². The third-order valence-corrected chi connectivity index (χ3v) is 3.94. The van der Waals surface area contributed by atoms with Crippen molar-refractivity contribution in [3.05, 3.63) is 34.9 Å². The molecule has 2 nitrogen and oxygen atoms in total. The van der Waals surface area contributed by atoms with Gasteiger partial charge in [-0.3, -0.25) is 4.90 Å². The van der Waals surface area contributed by atoms with E-state index in [4.69, 9.17) is 0 Å². The van der Waals surface area contributed by atoms with Gasteiger partial charge in [-0.2, -0.15) is 0 Å². The van der Waals surface area contributed by atoms with Gasteiger partial charge < -0.3 is 5.32 Å². The Labute approximate surface area is 111 Å². The summed E-state index contributed by atoms with van der Waals surface area (Å²) in [6.45, 7) is 11.3. The van der Waals surface area contributed by atoms with Crippen LogP contribution in [0.15, 0.2) is 18.2 Å². The third-order valence-electron chi connectivity index (χ3n) is 3.94. The minimum Gasteiger partial charge on any atom is -0.314 e. The lowest BCUT2D eigenvalue weighted by molar-refractivity contribution is 0.164. The van der Waals surface area contributed by atoms with Crippen LogP contribution in [0.3, 0.4) is 0 Å². The van der Waals surface area contributed by atoms with Crippen molar-refractivity contribution in [2.45, 2.75) is 39.7 Å². The Hall–Kier alpha value is -0.860. The predicted molar refractivity (Wildman–Crippen MR) is 78.0 cm³/mol. The van der Waals surface area contributed by atoms with E-state index in [1.54, 1.807) is 0 Å². The van der Waals surface area contributed by atoms with Crippen LogP contribution in [0.25, 0.3) is 0 Å². The smallest absolute Gasteiger partial charge is 0.0351 e. The van der Waals surface area contributed by atoms with Gasteiger partial charge in [-0.1, -0.05) is 37.1 Å². The van der Waals surface area contributed by atoms with Crippen LogP contribution >= 0.6 is 0 Å². The quantitative estimate of drug-likeness (QED) is 0.878. The number of rotatable bonds is 4. The molecule has 0 radical (unpaired) electrons. The van der Waals surface area contributed by atoms with Gasteiger partial charge in [0.2, 0.25) is 0 Å². The van der Waals surface area contributed by atoms with Crippen molar-refractivity contribution < 1.29 is 0 Å². The molecule has 1 saturated heterocycles. The van der Waals surface area contributed by atoms with Crippen LogP contribution in [0.4, 0.5) is 0 Å². The Bertz CT molecular complexity index is 381. The molecule has 1 N–H and O–H groups in total. The summed E-state index contributed by atoms with van der Waals surface area (Å²) in [6, 6.07) is 7.53. The topological polar surface area (TPSA) is 15.3 Å². The predicted octanol–water partition coefficient (Wildman–Crippen LogP) is 3.05. The number of benzene rings is 1. The molecule has 2 rings (SSSR count). The molecule has 18 heavy (non-hydrogen) atoms. The minimum atomic E-state index is 0.609. The molecular weight excluding hydrogens is 220 g/mol. The lowest BCUT2D eigenvalue weighted by Gasteiger charge is -2.36. The van der Waals surface area contributed by atoms with Gasteiger partial charge in [0.25, 0.3) is 0 Å². The number of hydrogen-bond acceptors (Lipinski definition) is 2. The summed E-state index contributed by atoms with van der Waals surface area (Å²) < 4.78 is 0. The highest BCUT2D eigenvalue weighted by Crippen LogP contribution is 2.29. The molecule has 0 unspecified atom stereocenters. The van der Waals surface area contributed by atoms with Crippen molar-refractivity contribution in [3.8, 4) is 0 Å². The molecule has 0 saturated carbocycles. The van der Waals surface area contributed by atoms with E-state index in [1.807, 2.05) is 0 Å². The fraction of sp³-hybridized carbons (Fsp3) is 0.625. The van der Waals surface area contributed by atoms with Crippen molar-refractivity contribution >= 4 is 0 Å². The summed E-state index contributed by atoms with van der Waals surface area (Å²) in [7, 11) is 0. The van der Waals surface area contributed by atoms with Gasteiger partial charge in [-0.25, -0.2) is 0 Å². The Balaban J connectivity index is 2.22.